The van der Waals surface area contributed by atoms with Gasteiger partial charge in [-0.15, -0.1) is 11.3 Å². The lowest BCUT2D eigenvalue weighted by Gasteiger charge is -2.12. The summed E-state index contributed by atoms with van der Waals surface area (Å²) in [5.41, 5.74) is 8.77. The van der Waals surface area contributed by atoms with E-state index in [1.54, 1.807) is 0 Å². The Bertz CT molecular complexity index is 2510. The molecular formula is C42H26N2S. The summed E-state index contributed by atoms with van der Waals surface area (Å²) in [5.74, 6) is 0.733. The van der Waals surface area contributed by atoms with Gasteiger partial charge >= 0.3 is 0 Å². The molecule has 0 atom stereocenters. The van der Waals surface area contributed by atoms with Crippen LogP contribution in [0.5, 0.6) is 0 Å². The van der Waals surface area contributed by atoms with Crippen LogP contribution in [0, 0.1) is 0 Å². The molecule has 0 N–H and O–H groups in total. The Hall–Kier alpha value is -5.64. The molecule has 0 saturated carbocycles. The lowest BCUT2D eigenvalue weighted by atomic mass is 9.98. The monoisotopic (exact) mass is 590 g/mol. The number of aromatic nitrogens is 2. The third-order valence-electron chi connectivity index (χ3n) is 8.66. The molecule has 0 aliphatic carbocycles. The van der Waals surface area contributed by atoms with Crippen molar-refractivity contribution < 1.29 is 0 Å². The third kappa shape index (κ3) is 4.48. The highest BCUT2D eigenvalue weighted by Gasteiger charge is 2.17. The molecule has 210 valence electrons. The highest BCUT2D eigenvalue weighted by Crippen LogP contribution is 2.42. The van der Waals surface area contributed by atoms with E-state index >= 15 is 0 Å². The van der Waals surface area contributed by atoms with Crippen molar-refractivity contribution in [1.82, 2.24) is 9.97 Å². The van der Waals surface area contributed by atoms with Crippen molar-refractivity contribution in [2.75, 3.05) is 0 Å². The topological polar surface area (TPSA) is 25.8 Å². The molecule has 3 heteroatoms. The van der Waals surface area contributed by atoms with Gasteiger partial charge in [0.2, 0.25) is 0 Å². The van der Waals surface area contributed by atoms with Gasteiger partial charge in [0.05, 0.1) is 11.2 Å². The highest BCUT2D eigenvalue weighted by atomic mass is 32.1. The predicted molar refractivity (Wildman–Crippen MR) is 192 cm³/mol. The maximum atomic E-state index is 5.35. The zero-order valence-corrected chi connectivity index (χ0v) is 25.1. The van der Waals surface area contributed by atoms with Crippen LogP contribution in [0.4, 0.5) is 0 Å². The van der Waals surface area contributed by atoms with Gasteiger partial charge in [-0.25, -0.2) is 9.97 Å². The SMILES string of the molecule is c1ccc(-c2ccc(-c3cccc(-c4nc(-c5ccccc5)c5ccc6sc7cc8ccccc8cc7c6c5n4)c3)cc2)cc1. The van der Waals surface area contributed by atoms with Gasteiger partial charge in [0, 0.05) is 36.7 Å². The summed E-state index contributed by atoms with van der Waals surface area (Å²) >= 11 is 1.83. The van der Waals surface area contributed by atoms with E-state index in [9.17, 15) is 0 Å². The second-order valence-corrected chi connectivity index (χ2v) is 12.5. The van der Waals surface area contributed by atoms with Crippen LogP contribution in [-0.2, 0) is 0 Å². The Morgan fingerprint density at radius 2 is 0.978 bits per heavy atom. The van der Waals surface area contributed by atoms with Gasteiger partial charge < -0.3 is 0 Å². The summed E-state index contributed by atoms with van der Waals surface area (Å²) in [6, 6.07) is 56.0. The zero-order chi connectivity index (χ0) is 29.7. The van der Waals surface area contributed by atoms with Gasteiger partial charge in [-0.05, 0) is 63.4 Å². The molecule has 0 saturated heterocycles. The van der Waals surface area contributed by atoms with E-state index in [2.05, 4.69) is 158 Å². The van der Waals surface area contributed by atoms with Gasteiger partial charge in [-0.1, -0.05) is 127 Å². The van der Waals surface area contributed by atoms with E-state index in [0.717, 1.165) is 39.1 Å². The first-order chi connectivity index (χ1) is 22.3. The highest BCUT2D eigenvalue weighted by molar-refractivity contribution is 7.26. The first-order valence-electron chi connectivity index (χ1n) is 15.2. The van der Waals surface area contributed by atoms with Crippen LogP contribution in [0.25, 0.3) is 86.7 Å². The first-order valence-corrected chi connectivity index (χ1v) is 16.0. The predicted octanol–water partition coefficient (Wildman–Crippen LogP) is 11.8. The molecule has 9 rings (SSSR count). The van der Waals surface area contributed by atoms with E-state index in [-0.39, 0.29) is 0 Å². The Kier molecular flexibility index (Phi) is 6.03. The Labute approximate surface area is 264 Å². The molecule has 9 aromatic rings. The van der Waals surface area contributed by atoms with E-state index in [0.29, 0.717) is 0 Å². The van der Waals surface area contributed by atoms with Gasteiger partial charge in [-0.2, -0.15) is 0 Å². The Balaban J connectivity index is 1.25. The lowest BCUT2D eigenvalue weighted by Crippen LogP contribution is -1.96. The van der Waals surface area contributed by atoms with Crippen LogP contribution in [0.1, 0.15) is 0 Å². The molecule has 2 heterocycles. The summed E-state index contributed by atoms with van der Waals surface area (Å²) in [6.45, 7) is 0. The molecule has 0 spiro atoms. The number of thiophene rings is 1. The molecule has 2 nitrogen and oxygen atoms in total. The van der Waals surface area contributed by atoms with E-state index in [4.69, 9.17) is 9.97 Å². The van der Waals surface area contributed by atoms with Crippen LogP contribution in [0.3, 0.4) is 0 Å². The largest absolute Gasteiger partial charge is 0.227 e. The average Bonchev–Trinajstić information content (AvgIpc) is 3.49. The van der Waals surface area contributed by atoms with Crippen molar-refractivity contribution in [3.8, 4) is 44.9 Å². The van der Waals surface area contributed by atoms with Crippen LogP contribution in [0.15, 0.2) is 158 Å². The molecule has 45 heavy (non-hydrogen) atoms. The second kappa shape index (κ2) is 10.5. The van der Waals surface area contributed by atoms with E-state index in [1.807, 2.05) is 11.3 Å². The maximum absolute atomic E-state index is 5.35. The van der Waals surface area contributed by atoms with Crippen molar-refractivity contribution in [2.24, 2.45) is 0 Å². The van der Waals surface area contributed by atoms with Crippen molar-refractivity contribution in [3.05, 3.63) is 158 Å². The summed E-state index contributed by atoms with van der Waals surface area (Å²) < 4.78 is 2.52. The number of rotatable bonds is 4. The number of benzene rings is 7. The standard InChI is InChI=1S/C42H26N2S/c1-3-10-27(11-4-1)28-18-20-29(21-19-28)31-16-9-17-34(24-31)42-43-40(30-12-5-2-6-13-30)35-22-23-37-39(41(35)44-42)36-25-32-14-7-8-15-33(32)26-38(36)45-37/h1-26H. The normalized spacial score (nSPS) is 11.6. The summed E-state index contributed by atoms with van der Waals surface area (Å²) in [5, 5.41) is 6.01. The molecular weight excluding hydrogens is 565 g/mol. The Morgan fingerprint density at radius 3 is 1.73 bits per heavy atom. The van der Waals surface area contributed by atoms with Crippen molar-refractivity contribution in [3.63, 3.8) is 0 Å². The fourth-order valence-electron chi connectivity index (χ4n) is 6.41. The number of fused-ring (bicyclic) bond motifs is 6. The minimum absolute atomic E-state index is 0.733. The van der Waals surface area contributed by atoms with Crippen molar-refractivity contribution in [1.29, 1.82) is 0 Å². The van der Waals surface area contributed by atoms with E-state index < -0.39 is 0 Å². The second-order valence-electron chi connectivity index (χ2n) is 11.4. The molecule has 0 aliphatic heterocycles. The summed E-state index contributed by atoms with van der Waals surface area (Å²) in [4.78, 5) is 10.6. The zero-order valence-electron chi connectivity index (χ0n) is 24.3. The lowest BCUT2D eigenvalue weighted by molar-refractivity contribution is 1.23. The fourth-order valence-corrected chi connectivity index (χ4v) is 7.55. The molecule has 7 aromatic carbocycles. The van der Waals surface area contributed by atoms with Gasteiger partial charge in [-0.3, -0.25) is 0 Å². The molecule has 2 aromatic heterocycles. The minimum atomic E-state index is 0.733. The smallest absolute Gasteiger partial charge is 0.160 e. The van der Waals surface area contributed by atoms with Gasteiger partial charge in [0.25, 0.3) is 0 Å². The molecule has 0 bridgehead atoms. The first kappa shape index (κ1) is 25.8. The summed E-state index contributed by atoms with van der Waals surface area (Å²) in [7, 11) is 0. The van der Waals surface area contributed by atoms with Gasteiger partial charge in [0.15, 0.2) is 5.82 Å². The average molecular weight is 591 g/mol. The van der Waals surface area contributed by atoms with Crippen LogP contribution in [0.2, 0.25) is 0 Å². The van der Waals surface area contributed by atoms with E-state index in [1.165, 1.54) is 47.6 Å². The Morgan fingerprint density at radius 1 is 0.378 bits per heavy atom. The molecule has 0 aliphatic rings. The third-order valence-corrected chi connectivity index (χ3v) is 9.78. The number of hydrogen-bond acceptors (Lipinski definition) is 3. The molecule has 0 fully saturated rings. The fraction of sp³-hybridized carbons (Fsp3) is 0. The quantitative estimate of drug-likeness (QED) is 0.204. The minimum Gasteiger partial charge on any atom is -0.227 e. The summed E-state index contributed by atoms with van der Waals surface area (Å²) in [6.07, 6.45) is 0. The maximum Gasteiger partial charge on any atom is 0.160 e. The number of hydrogen-bond donors (Lipinski definition) is 0. The molecule has 0 radical (unpaired) electrons. The number of nitrogens with zero attached hydrogens (tertiary/aromatic N) is 2. The molecule has 0 unspecified atom stereocenters. The van der Waals surface area contributed by atoms with Crippen LogP contribution < -0.4 is 0 Å². The van der Waals surface area contributed by atoms with Crippen LogP contribution >= 0.6 is 11.3 Å². The molecule has 0 amide bonds. The van der Waals surface area contributed by atoms with Crippen molar-refractivity contribution >= 4 is 53.2 Å². The van der Waals surface area contributed by atoms with Crippen molar-refractivity contribution in [2.45, 2.75) is 0 Å². The van der Waals surface area contributed by atoms with Gasteiger partial charge in [0.1, 0.15) is 0 Å². The van der Waals surface area contributed by atoms with Crippen LogP contribution in [-0.4, -0.2) is 9.97 Å².